The van der Waals surface area contributed by atoms with Gasteiger partial charge in [0.15, 0.2) is 6.23 Å². The average molecular weight is 428 g/mol. The number of hydrogen-bond donors (Lipinski definition) is 0. The van der Waals surface area contributed by atoms with Gasteiger partial charge in [0.1, 0.15) is 6.73 Å². The summed E-state index contributed by atoms with van der Waals surface area (Å²) in [4.78, 5) is 40.3. The van der Waals surface area contributed by atoms with Crippen LogP contribution in [0.25, 0.3) is 0 Å². The third kappa shape index (κ3) is 3.53. The molecule has 2 fully saturated rings. The summed E-state index contributed by atoms with van der Waals surface area (Å²) < 4.78 is 14.6. The second-order valence-corrected chi connectivity index (χ2v) is 8.59. The van der Waals surface area contributed by atoms with Gasteiger partial charge in [-0.05, 0) is 18.9 Å². The summed E-state index contributed by atoms with van der Waals surface area (Å²) in [6.07, 6.45) is 1.85. The van der Waals surface area contributed by atoms with Crippen LogP contribution < -0.4 is 11.2 Å². The number of fused-ring (bicyclic) bond motifs is 2. The van der Waals surface area contributed by atoms with Gasteiger partial charge in [0.2, 0.25) is 5.91 Å². The molecule has 166 valence electrons. The van der Waals surface area contributed by atoms with E-state index in [0.29, 0.717) is 18.4 Å². The molecule has 2 aliphatic rings. The van der Waals surface area contributed by atoms with Crippen LogP contribution in [0, 0.1) is 12.8 Å². The van der Waals surface area contributed by atoms with Crippen molar-refractivity contribution in [1.29, 1.82) is 0 Å². The normalized spacial score (nSPS) is 27.7. The number of benzene rings is 1. The highest BCUT2D eigenvalue weighted by Crippen LogP contribution is 2.50. The number of carbonyl (C=O) groups is 1. The fraction of sp³-hybridized carbons (Fsp3) is 0.522. The highest BCUT2D eigenvalue weighted by Gasteiger charge is 2.59. The van der Waals surface area contributed by atoms with E-state index in [2.05, 4.69) is 6.92 Å². The summed E-state index contributed by atoms with van der Waals surface area (Å²) in [6, 6.07) is 9.28. The molecule has 2 aromatic rings. The SMILES string of the molecule is CC[C@]12CC(=O)N(C)[C@@H](C1C)[C@H](n1cc(C)c(=O)n(COCc3ccccc3)c1=O)O2. The minimum Gasteiger partial charge on any atom is -0.356 e. The quantitative estimate of drug-likeness (QED) is 0.705. The van der Waals surface area contributed by atoms with Crippen molar-refractivity contribution in [2.45, 2.75) is 64.8 Å². The molecule has 2 saturated heterocycles. The van der Waals surface area contributed by atoms with Crippen LogP contribution in [0.3, 0.4) is 0 Å². The Morgan fingerprint density at radius 1 is 1.19 bits per heavy atom. The fourth-order valence-electron chi connectivity index (χ4n) is 4.89. The van der Waals surface area contributed by atoms with Crippen LogP contribution in [-0.4, -0.2) is 38.6 Å². The van der Waals surface area contributed by atoms with Gasteiger partial charge >= 0.3 is 5.69 Å². The second-order valence-electron chi connectivity index (χ2n) is 8.59. The van der Waals surface area contributed by atoms with E-state index in [0.717, 1.165) is 10.1 Å². The maximum atomic E-state index is 13.3. The third-order valence-corrected chi connectivity index (χ3v) is 6.85. The Labute approximate surface area is 181 Å². The minimum atomic E-state index is -0.654. The summed E-state index contributed by atoms with van der Waals surface area (Å²) in [5.74, 6) is 0.0730. The van der Waals surface area contributed by atoms with Gasteiger partial charge in [-0.3, -0.25) is 14.2 Å². The zero-order chi connectivity index (χ0) is 22.3. The van der Waals surface area contributed by atoms with Crippen LogP contribution >= 0.6 is 0 Å². The number of ether oxygens (including phenoxy) is 2. The van der Waals surface area contributed by atoms with Crippen LogP contribution in [-0.2, 0) is 27.6 Å². The molecule has 0 saturated carbocycles. The summed E-state index contributed by atoms with van der Waals surface area (Å²) in [6.45, 7) is 5.86. The van der Waals surface area contributed by atoms with Crippen molar-refractivity contribution in [3.05, 3.63) is 68.5 Å². The van der Waals surface area contributed by atoms with Gasteiger partial charge in [-0.1, -0.05) is 44.2 Å². The summed E-state index contributed by atoms with van der Waals surface area (Å²) in [5.41, 5.74) is -0.120. The number of nitrogens with zero attached hydrogens (tertiary/aromatic N) is 3. The topological polar surface area (TPSA) is 82.8 Å². The average Bonchev–Trinajstić information content (AvgIpc) is 2.98. The Kier molecular flexibility index (Phi) is 5.61. The van der Waals surface area contributed by atoms with Gasteiger partial charge in [-0.25, -0.2) is 9.36 Å². The van der Waals surface area contributed by atoms with Crippen LogP contribution in [0.5, 0.6) is 0 Å². The van der Waals surface area contributed by atoms with Gasteiger partial charge in [0.05, 0.1) is 24.7 Å². The van der Waals surface area contributed by atoms with Crippen molar-refractivity contribution in [1.82, 2.24) is 14.0 Å². The first-order valence-corrected chi connectivity index (χ1v) is 10.7. The molecule has 0 radical (unpaired) electrons. The lowest BCUT2D eigenvalue weighted by Crippen LogP contribution is -2.54. The molecule has 1 unspecified atom stereocenters. The van der Waals surface area contributed by atoms with Gasteiger partial charge < -0.3 is 14.4 Å². The van der Waals surface area contributed by atoms with Crippen molar-refractivity contribution >= 4 is 5.91 Å². The molecule has 8 nitrogen and oxygen atoms in total. The number of piperidine rings is 1. The zero-order valence-corrected chi connectivity index (χ0v) is 18.4. The monoisotopic (exact) mass is 427 g/mol. The number of hydrogen-bond acceptors (Lipinski definition) is 5. The van der Waals surface area contributed by atoms with Crippen LogP contribution in [0.1, 0.15) is 44.0 Å². The molecule has 1 amide bonds. The molecule has 1 aromatic heterocycles. The smallest absolute Gasteiger partial charge is 0.335 e. The Morgan fingerprint density at radius 3 is 2.58 bits per heavy atom. The Bertz CT molecular complexity index is 1090. The molecule has 8 heteroatoms. The van der Waals surface area contributed by atoms with Crippen molar-refractivity contribution in [2.24, 2.45) is 5.92 Å². The standard InChI is InChI=1S/C23H29N3O5/c1-5-23-11-18(27)24(4)19(16(23)3)21(31-23)25-12-15(2)20(28)26(22(25)29)14-30-13-17-9-7-6-8-10-17/h6-10,12,16,19,21H,5,11,13-14H2,1-4H3/t16?,19-,21+,23-/m0/s1. The van der Waals surface area contributed by atoms with E-state index in [9.17, 15) is 14.4 Å². The first kappa shape index (κ1) is 21.5. The number of rotatable bonds is 6. The molecule has 0 spiro atoms. The largest absolute Gasteiger partial charge is 0.356 e. The van der Waals surface area contributed by atoms with E-state index in [-0.39, 0.29) is 31.2 Å². The highest BCUT2D eigenvalue weighted by atomic mass is 16.5. The van der Waals surface area contributed by atoms with Crippen LogP contribution in [0.2, 0.25) is 0 Å². The predicted molar refractivity (Wildman–Crippen MR) is 114 cm³/mol. The summed E-state index contributed by atoms with van der Waals surface area (Å²) in [7, 11) is 1.75. The van der Waals surface area contributed by atoms with E-state index in [1.54, 1.807) is 18.9 Å². The van der Waals surface area contributed by atoms with Crippen molar-refractivity contribution in [3.8, 4) is 0 Å². The predicted octanol–water partition coefficient (Wildman–Crippen LogP) is 2.04. The van der Waals surface area contributed by atoms with E-state index >= 15 is 0 Å². The maximum absolute atomic E-state index is 13.3. The van der Waals surface area contributed by atoms with E-state index in [1.165, 1.54) is 10.8 Å². The lowest BCUT2D eigenvalue weighted by atomic mass is 9.77. The maximum Gasteiger partial charge on any atom is 0.335 e. The zero-order valence-electron chi connectivity index (χ0n) is 18.4. The van der Waals surface area contributed by atoms with Crippen molar-refractivity contribution in [2.75, 3.05) is 7.05 Å². The number of aryl methyl sites for hydroxylation is 1. The third-order valence-electron chi connectivity index (χ3n) is 6.85. The number of aromatic nitrogens is 2. The molecule has 31 heavy (non-hydrogen) atoms. The fourth-order valence-corrected chi connectivity index (χ4v) is 4.89. The number of likely N-dealkylation sites (N-methyl/N-ethyl adjacent to an activating group) is 1. The lowest BCUT2D eigenvalue weighted by molar-refractivity contribution is -0.142. The van der Waals surface area contributed by atoms with Crippen molar-refractivity contribution < 1.29 is 14.3 Å². The van der Waals surface area contributed by atoms with Crippen LogP contribution in [0.4, 0.5) is 0 Å². The van der Waals surface area contributed by atoms with Crippen LogP contribution in [0.15, 0.2) is 46.1 Å². The van der Waals surface area contributed by atoms with Crippen molar-refractivity contribution in [3.63, 3.8) is 0 Å². The highest BCUT2D eigenvalue weighted by molar-refractivity contribution is 5.79. The molecule has 1 aromatic carbocycles. The molecule has 2 aliphatic heterocycles. The Hall–Kier alpha value is -2.71. The van der Waals surface area contributed by atoms with Gasteiger partial charge in [0.25, 0.3) is 5.56 Å². The van der Waals surface area contributed by atoms with E-state index < -0.39 is 23.1 Å². The first-order valence-electron chi connectivity index (χ1n) is 10.7. The number of carbonyl (C=O) groups excluding carboxylic acids is 1. The Morgan fingerprint density at radius 2 is 1.90 bits per heavy atom. The van der Waals surface area contributed by atoms with Gasteiger partial charge in [0, 0.05) is 24.7 Å². The van der Waals surface area contributed by atoms with Gasteiger partial charge in [-0.15, -0.1) is 0 Å². The molecule has 0 aliphatic carbocycles. The number of amides is 1. The minimum absolute atomic E-state index is 0.0109. The Balaban J connectivity index is 1.67. The molecular weight excluding hydrogens is 398 g/mol. The summed E-state index contributed by atoms with van der Waals surface area (Å²) in [5, 5.41) is 0. The van der Waals surface area contributed by atoms with E-state index in [1.807, 2.05) is 37.3 Å². The lowest BCUT2D eigenvalue weighted by Gasteiger charge is -2.40. The van der Waals surface area contributed by atoms with E-state index in [4.69, 9.17) is 9.47 Å². The molecule has 4 atom stereocenters. The molecule has 0 N–H and O–H groups in total. The first-order chi connectivity index (χ1) is 14.8. The molecule has 4 rings (SSSR count). The number of likely N-dealkylation sites (tertiary alicyclic amines) is 1. The molecular formula is C23H29N3O5. The molecule has 2 bridgehead atoms. The molecule has 3 heterocycles. The summed E-state index contributed by atoms with van der Waals surface area (Å²) >= 11 is 0. The van der Waals surface area contributed by atoms with Gasteiger partial charge in [-0.2, -0.15) is 0 Å². The second kappa shape index (κ2) is 8.09.